The number of hydrogen-bond donors (Lipinski definition) is 1. The van der Waals surface area contributed by atoms with Crippen LogP contribution in [0.3, 0.4) is 0 Å². The van der Waals surface area contributed by atoms with E-state index in [1.54, 1.807) is 19.2 Å². The summed E-state index contributed by atoms with van der Waals surface area (Å²) in [6.07, 6.45) is 3.16. The number of benzene rings is 2. The Labute approximate surface area is 176 Å². The van der Waals surface area contributed by atoms with Crippen molar-refractivity contribution < 1.29 is 4.92 Å². The topological polar surface area (TPSA) is 70.8 Å². The number of nitro benzene ring substituents is 1. The van der Waals surface area contributed by atoms with E-state index in [-0.39, 0.29) is 34.6 Å². The highest BCUT2D eigenvalue weighted by molar-refractivity contribution is 14.0. The second-order valence-corrected chi connectivity index (χ2v) is 6.08. The summed E-state index contributed by atoms with van der Waals surface area (Å²) in [5.41, 5.74) is 3.38. The van der Waals surface area contributed by atoms with Gasteiger partial charge in [-0.3, -0.25) is 15.1 Å². The smallest absolute Gasteiger partial charge is 0.274 e. The molecule has 7 heteroatoms. The third-order valence-electron chi connectivity index (χ3n) is 4.49. The van der Waals surface area contributed by atoms with Gasteiger partial charge >= 0.3 is 0 Å². The Kier molecular flexibility index (Phi) is 7.78. The normalized spacial score (nSPS) is 14.2. The fourth-order valence-electron chi connectivity index (χ4n) is 3.12. The Balaban J connectivity index is 0.00000261. The van der Waals surface area contributed by atoms with Crippen LogP contribution in [-0.4, -0.2) is 35.9 Å². The first-order chi connectivity index (χ1) is 12.7. The first-order valence-corrected chi connectivity index (χ1v) is 8.61. The molecule has 0 unspecified atom stereocenters. The van der Waals surface area contributed by atoms with Crippen molar-refractivity contribution >= 4 is 41.2 Å². The molecule has 0 bridgehead atoms. The molecular weight excluding hydrogens is 455 g/mol. The molecule has 1 heterocycles. The van der Waals surface area contributed by atoms with Gasteiger partial charge in [0.15, 0.2) is 5.96 Å². The van der Waals surface area contributed by atoms with E-state index < -0.39 is 0 Å². The van der Waals surface area contributed by atoms with E-state index in [9.17, 15) is 10.1 Å². The number of halogens is 1. The molecule has 6 nitrogen and oxygen atoms in total. The summed E-state index contributed by atoms with van der Waals surface area (Å²) in [6, 6.07) is 17.2. The lowest BCUT2D eigenvalue weighted by Crippen LogP contribution is -2.43. The Morgan fingerprint density at radius 3 is 2.52 bits per heavy atom. The molecule has 0 atom stereocenters. The molecule has 1 aliphatic rings. The fraction of sp³-hybridized carbons (Fsp3) is 0.250. The van der Waals surface area contributed by atoms with E-state index in [2.05, 4.69) is 45.6 Å². The van der Waals surface area contributed by atoms with Crippen LogP contribution in [0.1, 0.15) is 17.5 Å². The van der Waals surface area contributed by atoms with Crippen LogP contribution < -0.4 is 5.32 Å². The molecule has 0 amide bonds. The maximum absolute atomic E-state index is 11.1. The van der Waals surface area contributed by atoms with Gasteiger partial charge in [0.05, 0.1) is 4.92 Å². The monoisotopic (exact) mass is 478 g/mol. The number of aliphatic imine (C=N–C) groups is 1. The summed E-state index contributed by atoms with van der Waals surface area (Å²) in [5.74, 6) is 0.756. The average Bonchev–Trinajstić information content (AvgIpc) is 2.70. The van der Waals surface area contributed by atoms with Crippen LogP contribution in [0.4, 0.5) is 5.69 Å². The molecule has 3 rings (SSSR count). The van der Waals surface area contributed by atoms with Crippen molar-refractivity contribution in [3.8, 4) is 0 Å². The lowest BCUT2D eigenvalue weighted by atomic mass is 10.00. The van der Waals surface area contributed by atoms with E-state index in [1.165, 1.54) is 17.2 Å². The second-order valence-electron chi connectivity index (χ2n) is 6.08. The predicted octanol–water partition coefficient (Wildman–Crippen LogP) is 4.08. The van der Waals surface area contributed by atoms with Crippen LogP contribution in [0, 0.1) is 10.1 Å². The van der Waals surface area contributed by atoms with E-state index in [4.69, 9.17) is 0 Å². The number of guanidine groups is 1. The van der Waals surface area contributed by atoms with Crippen molar-refractivity contribution in [2.75, 3.05) is 20.1 Å². The summed E-state index contributed by atoms with van der Waals surface area (Å²) >= 11 is 0. The summed E-state index contributed by atoms with van der Waals surface area (Å²) in [6.45, 7) is 1.99. The van der Waals surface area contributed by atoms with Gasteiger partial charge in [-0.15, -0.1) is 24.0 Å². The number of rotatable bonds is 4. The summed E-state index contributed by atoms with van der Waals surface area (Å²) in [5, 5.41) is 14.4. The van der Waals surface area contributed by atoms with E-state index in [1.807, 2.05) is 12.1 Å². The Morgan fingerprint density at radius 2 is 1.89 bits per heavy atom. The van der Waals surface area contributed by atoms with Gasteiger partial charge in [-0.25, -0.2) is 0 Å². The van der Waals surface area contributed by atoms with Crippen LogP contribution in [-0.2, 0) is 6.54 Å². The van der Waals surface area contributed by atoms with Crippen LogP contribution in [0.2, 0.25) is 0 Å². The lowest BCUT2D eigenvalue weighted by molar-refractivity contribution is -0.385. The van der Waals surface area contributed by atoms with E-state index in [0.29, 0.717) is 12.1 Å². The van der Waals surface area contributed by atoms with Gasteiger partial charge in [-0.1, -0.05) is 54.6 Å². The summed E-state index contributed by atoms with van der Waals surface area (Å²) < 4.78 is 0. The molecule has 0 fully saturated rings. The highest BCUT2D eigenvalue weighted by Gasteiger charge is 2.17. The molecule has 27 heavy (non-hydrogen) atoms. The maximum atomic E-state index is 11.1. The molecule has 1 aliphatic heterocycles. The van der Waals surface area contributed by atoms with Crippen LogP contribution >= 0.6 is 24.0 Å². The van der Waals surface area contributed by atoms with Gasteiger partial charge in [0.25, 0.3) is 5.69 Å². The Morgan fingerprint density at radius 1 is 1.19 bits per heavy atom. The highest BCUT2D eigenvalue weighted by atomic mass is 127. The molecule has 2 aromatic rings. The molecule has 142 valence electrons. The van der Waals surface area contributed by atoms with Gasteiger partial charge < -0.3 is 10.2 Å². The molecule has 0 spiro atoms. The Bertz CT molecular complexity index is 837. The standard InChI is InChI=1S/C20H22N4O2.HI/c1-21-20(22-15-18-9-5-6-10-19(18)24(25)26)23-13-11-17(12-14-23)16-7-3-2-4-8-16;/h2-11H,12-15H2,1H3,(H,21,22);1H. The van der Waals surface area contributed by atoms with Crippen molar-refractivity contribution in [3.05, 3.63) is 81.9 Å². The van der Waals surface area contributed by atoms with Gasteiger partial charge in [0, 0.05) is 38.3 Å². The second kappa shape index (κ2) is 10.1. The molecule has 0 aromatic heterocycles. The third kappa shape index (κ3) is 5.29. The molecule has 1 N–H and O–H groups in total. The number of nitro groups is 1. The van der Waals surface area contributed by atoms with Crippen molar-refractivity contribution in [3.63, 3.8) is 0 Å². The number of nitrogens with zero attached hydrogens (tertiary/aromatic N) is 3. The molecule has 0 saturated heterocycles. The minimum atomic E-state index is -0.352. The van der Waals surface area contributed by atoms with Crippen LogP contribution in [0.15, 0.2) is 65.7 Å². The lowest BCUT2D eigenvalue weighted by Gasteiger charge is -2.29. The van der Waals surface area contributed by atoms with Crippen molar-refractivity contribution in [1.29, 1.82) is 0 Å². The van der Waals surface area contributed by atoms with E-state index in [0.717, 1.165) is 25.5 Å². The van der Waals surface area contributed by atoms with Gasteiger partial charge in [0.1, 0.15) is 0 Å². The van der Waals surface area contributed by atoms with Crippen molar-refractivity contribution in [1.82, 2.24) is 10.2 Å². The highest BCUT2D eigenvalue weighted by Crippen LogP contribution is 2.22. The molecular formula is C20H23IN4O2. The average molecular weight is 478 g/mol. The minimum Gasteiger partial charge on any atom is -0.352 e. The van der Waals surface area contributed by atoms with Crippen LogP contribution in [0.25, 0.3) is 5.57 Å². The first-order valence-electron chi connectivity index (χ1n) is 8.61. The summed E-state index contributed by atoms with van der Waals surface area (Å²) in [4.78, 5) is 17.3. The van der Waals surface area contributed by atoms with Gasteiger partial charge in [-0.05, 0) is 17.6 Å². The zero-order chi connectivity index (χ0) is 18.4. The number of para-hydroxylation sites is 1. The quantitative estimate of drug-likeness (QED) is 0.237. The molecule has 0 saturated carbocycles. The zero-order valence-electron chi connectivity index (χ0n) is 15.2. The SMILES string of the molecule is CN=C(NCc1ccccc1[N+](=O)[O-])N1CC=C(c2ccccc2)CC1.I. The van der Waals surface area contributed by atoms with Gasteiger partial charge in [0.2, 0.25) is 0 Å². The third-order valence-corrected chi connectivity index (χ3v) is 4.49. The van der Waals surface area contributed by atoms with E-state index >= 15 is 0 Å². The van der Waals surface area contributed by atoms with Crippen molar-refractivity contribution in [2.24, 2.45) is 4.99 Å². The molecule has 0 aliphatic carbocycles. The molecule has 0 radical (unpaired) electrons. The van der Waals surface area contributed by atoms with Gasteiger partial charge in [-0.2, -0.15) is 0 Å². The number of hydrogen-bond acceptors (Lipinski definition) is 3. The fourth-order valence-corrected chi connectivity index (χ4v) is 3.12. The Hall–Kier alpha value is -2.42. The van der Waals surface area contributed by atoms with Crippen molar-refractivity contribution in [2.45, 2.75) is 13.0 Å². The molecule has 2 aromatic carbocycles. The zero-order valence-corrected chi connectivity index (χ0v) is 17.5. The predicted molar refractivity (Wildman–Crippen MR) is 119 cm³/mol. The maximum Gasteiger partial charge on any atom is 0.274 e. The van der Waals surface area contributed by atoms with Crippen LogP contribution in [0.5, 0.6) is 0 Å². The summed E-state index contributed by atoms with van der Waals surface area (Å²) in [7, 11) is 1.73. The minimum absolute atomic E-state index is 0. The largest absolute Gasteiger partial charge is 0.352 e. The first kappa shape index (κ1) is 20.9. The number of nitrogens with one attached hydrogen (secondary N) is 1.